The van der Waals surface area contributed by atoms with E-state index in [0.29, 0.717) is 24.8 Å². The fourth-order valence-electron chi connectivity index (χ4n) is 1.87. The Balaban J connectivity index is 2.06. The van der Waals surface area contributed by atoms with Crippen molar-refractivity contribution in [3.63, 3.8) is 0 Å². The first-order chi connectivity index (χ1) is 7.78. The zero-order chi connectivity index (χ0) is 11.5. The van der Waals surface area contributed by atoms with Gasteiger partial charge in [0.25, 0.3) is 6.01 Å². The van der Waals surface area contributed by atoms with Crippen LogP contribution in [0.1, 0.15) is 5.69 Å². The standard InChI is InChI=1S/C10H16N2O4/c1-14-8-3-12(4-9(8)15-2)10-11-7(5-13)6-16-10/h6,8-9,13H,3-5H2,1-2H3. The van der Waals surface area contributed by atoms with Gasteiger partial charge in [-0.25, -0.2) is 0 Å². The highest BCUT2D eigenvalue weighted by Gasteiger charge is 2.35. The molecule has 1 saturated heterocycles. The van der Waals surface area contributed by atoms with Gasteiger partial charge in [0.2, 0.25) is 0 Å². The fraction of sp³-hybridized carbons (Fsp3) is 0.700. The number of hydrogen-bond acceptors (Lipinski definition) is 6. The van der Waals surface area contributed by atoms with Crippen LogP contribution in [0, 0.1) is 0 Å². The molecule has 16 heavy (non-hydrogen) atoms. The predicted molar refractivity (Wildman–Crippen MR) is 56.2 cm³/mol. The van der Waals surface area contributed by atoms with Crippen LogP contribution in [0.4, 0.5) is 6.01 Å². The number of nitrogens with zero attached hydrogens (tertiary/aromatic N) is 2. The van der Waals surface area contributed by atoms with Crippen LogP contribution in [0.25, 0.3) is 0 Å². The minimum Gasteiger partial charge on any atom is -0.432 e. The average molecular weight is 228 g/mol. The van der Waals surface area contributed by atoms with Gasteiger partial charge in [-0.2, -0.15) is 4.98 Å². The lowest BCUT2D eigenvalue weighted by Crippen LogP contribution is -2.27. The molecule has 2 heterocycles. The number of aliphatic hydroxyl groups is 1. The number of methoxy groups -OCH3 is 2. The molecule has 0 spiro atoms. The maximum absolute atomic E-state index is 8.90. The van der Waals surface area contributed by atoms with Crippen molar-refractivity contribution in [2.75, 3.05) is 32.2 Å². The number of ether oxygens (including phenoxy) is 2. The quantitative estimate of drug-likeness (QED) is 0.783. The monoisotopic (exact) mass is 228 g/mol. The summed E-state index contributed by atoms with van der Waals surface area (Å²) in [7, 11) is 3.32. The molecule has 1 aromatic heterocycles. The van der Waals surface area contributed by atoms with Crippen molar-refractivity contribution < 1.29 is 19.0 Å². The molecule has 1 fully saturated rings. The number of aliphatic hydroxyl groups excluding tert-OH is 1. The Morgan fingerprint density at radius 1 is 1.44 bits per heavy atom. The Bertz CT molecular complexity index is 329. The molecule has 6 nitrogen and oxygen atoms in total. The van der Waals surface area contributed by atoms with Gasteiger partial charge in [-0.3, -0.25) is 0 Å². The van der Waals surface area contributed by atoms with Crippen LogP contribution < -0.4 is 4.90 Å². The summed E-state index contributed by atoms with van der Waals surface area (Å²) in [5.74, 6) is 0. The molecule has 1 aliphatic rings. The highest BCUT2D eigenvalue weighted by atomic mass is 16.5. The van der Waals surface area contributed by atoms with Crippen LogP contribution in [0.2, 0.25) is 0 Å². The van der Waals surface area contributed by atoms with Crippen LogP contribution in [-0.4, -0.2) is 49.6 Å². The van der Waals surface area contributed by atoms with E-state index < -0.39 is 0 Å². The van der Waals surface area contributed by atoms with Gasteiger partial charge in [-0.1, -0.05) is 0 Å². The average Bonchev–Trinajstić information content (AvgIpc) is 2.94. The molecular formula is C10H16N2O4. The topological polar surface area (TPSA) is 68.0 Å². The van der Waals surface area contributed by atoms with Gasteiger partial charge in [0.15, 0.2) is 0 Å². The summed E-state index contributed by atoms with van der Waals surface area (Å²) < 4.78 is 15.9. The van der Waals surface area contributed by atoms with Crippen LogP contribution >= 0.6 is 0 Å². The maximum Gasteiger partial charge on any atom is 0.297 e. The van der Waals surface area contributed by atoms with Crippen LogP contribution in [-0.2, 0) is 16.1 Å². The SMILES string of the molecule is COC1CN(c2nc(CO)co2)CC1OC. The zero-order valence-corrected chi connectivity index (χ0v) is 9.42. The van der Waals surface area contributed by atoms with E-state index in [0.717, 1.165) is 0 Å². The summed E-state index contributed by atoms with van der Waals surface area (Å²) in [6, 6.07) is 0.505. The van der Waals surface area contributed by atoms with E-state index >= 15 is 0 Å². The Labute approximate surface area is 93.8 Å². The van der Waals surface area contributed by atoms with E-state index in [1.807, 2.05) is 4.90 Å². The van der Waals surface area contributed by atoms with E-state index in [9.17, 15) is 0 Å². The van der Waals surface area contributed by atoms with E-state index in [1.54, 1.807) is 14.2 Å². The Morgan fingerprint density at radius 2 is 2.06 bits per heavy atom. The summed E-state index contributed by atoms with van der Waals surface area (Å²) in [6.45, 7) is 1.25. The van der Waals surface area contributed by atoms with Crippen molar-refractivity contribution in [1.82, 2.24) is 4.98 Å². The molecule has 0 amide bonds. The fourth-order valence-corrected chi connectivity index (χ4v) is 1.87. The number of rotatable bonds is 4. The van der Waals surface area contributed by atoms with Crippen LogP contribution in [0.3, 0.4) is 0 Å². The van der Waals surface area contributed by atoms with Crippen molar-refractivity contribution >= 4 is 6.01 Å². The second-order valence-electron chi connectivity index (χ2n) is 3.73. The van der Waals surface area contributed by atoms with E-state index in [1.165, 1.54) is 6.26 Å². The molecule has 1 aliphatic heterocycles. The summed E-state index contributed by atoms with van der Waals surface area (Å²) >= 11 is 0. The van der Waals surface area contributed by atoms with E-state index in [2.05, 4.69) is 4.98 Å². The van der Waals surface area contributed by atoms with Gasteiger partial charge >= 0.3 is 0 Å². The van der Waals surface area contributed by atoms with Crippen LogP contribution in [0.15, 0.2) is 10.7 Å². The first-order valence-electron chi connectivity index (χ1n) is 5.14. The van der Waals surface area contributed by atoms with Gasteiger partial charge in [0.05, 0.1) is 19.7 Å². The third-order valence-electron chi connectivity index (χ3n) is 2.79. The number of oxazole rings is 1. The normalized spacial score (nSPS) is 25.3. The van der Waals surface area contributed by atoms with Crippen molar-refractivity contribution in [3.8, 4) is 0 Å². The van der Waals surface area contributed by atoms with E-state index in [4.69, 9.17) is 19.0 Å². The molecule has 2 rings (SSSR count). The molecule has 0 bridgehead atoms. The molecule has 1 N–H and O–H groups in total. The maximum atomic E-state index is 8.90. The Hall–Kier alpha value is -1.11. The highest BCUT2D eigenvalue weighted by molar-refractivity contribution is 5.30. The van der Waals surface area contributed by atoms with Gasteiger partial charge in [0, 0.05) is 14.2 Å². The summed E-state index contributed by atoms with van der Waals surface area (Å²) in [4.78, 5) is 6.09. The minimum atomic E-state index is -0.112. The number of aromatic nitrogens is 1. The number of anilines is 1. The van der Waals surface area contributed by atoms with Gasteiger partial charge in [-0.05, 0) is 0 Å². The van der Waals surface area contributed by atoms with Crippen LogP contribution in [0.5, 0.6) is 0 Å². The molecule has 90 valence electrons. The Kier molecular flexibility index (Phi) is 3.42. The first-order valence-corrected chi connectivity index (χ1v) is 5.14. The van der Waals surface area contributed by atoms with Crippen molar-refractivity contribution in [3.05, 3.63) is 12.0 Å². The molecule has 6 heteroatoms. The lowest BCUT2D eigenvalue weighted by atomic mass is 10.3. The first kappa shape index (κ1) is 11.4. The van der Waals surface area contributed by atoms with E-state index in [-0.39, 0.29) is 18.8 Å². The minimum absolute atomic E-state index is 0.0227. The van der Waals surface area contributed by atoms with Crippen molar-refractivity contribution in [2.24, 2.45) is 0 Å². The third kappa shape index (κ3) is 2.04. The molecule has 1 aromatic rings. The predicted octanol–water partition coefficient (Wildman–Crippen LogP) is 0.0169. The van der Waals surface area contributed by atoms with Crippen molar-refractivity contribution in [1.29, 1.82) is 0 Å². The molecule has 2 atom stereocenters. The lowest BCUT2D eigenvalue weighted by Gasteiger charge is -2.13. The third-order valence-corrected chi connectivity index (χ3v) is 2.79. The lowest BCUT2D eigenvalue weighted by molar-refractivity contribution is -0.00461. The van der Waals surface area contributed by atoms with Crippen molar-refractivity contribution in [2.45, 2.75) is 18.8 Å². The molecule has 0 radical (unpaired) electrons. The number of hydrogen-bond donors (Lipinski definition) is 1. The van der Waals surface area contributed by atoms with Gasteiger partial charge in [0.1, 0.15) is 24.2 Å². The van der Waals surface area contributed by atoms with Gasteiger partial charge < -0.3 is 23.9 Å². The molecule has 0 aliphatic carbocycles. The summed E-state index contributed by atoms with van der Waals surface area (Å²) in [5.41, 5.74) is 0.532. The highest BCUT2D eigenvalue weighted by Crippen LogP contribution is 2.22. The molecule has 0 aromatic carbocycles. The largest absolute Gasteiger partial charge is 0.432 e. The van der Waals surface area contributed by atoms with Gasteiger partial charge in [-0.15, -0.1) is 0 Å². The second-order valence-corrected chi connectivity index (χ2v) is 3.73. The molecule has 2 unspecified atom stereocenters. The smallest absolute Gasteiger partial charge is 0.297 e. The molecular weight excluding hydrogens is 212 g/mol. The summed E-state index contributed by atoms with van der Waals surface area (Å²) in [6.07, 6.45) is 1.50. The second kappa shape index (κ2) is 4.82. The molecule has 0 saturated carbocycles. The zero-order valence-electron chi connectivity index (χ0n) is 9.42. The Morgan fingerprint density at radius 3 is 2.50 bits per heavy atom. The summed E-state index contributed by atoms with van der Waals surface area (Å²) in [5, 5.41) is 8.90.